The molecule has 3 aromatic heterocycles. The zero-order valence-corrected chi connectivity index (χ0v) is 27.0. The van der Waals surface area contributed by atoms with Gasteiger partial charge in [-0.2, -0.15) is 9.97 Å². The third-order valence-corrected chi connectivity index (χ3v) is 8.89. The Bertz CT molecular complexity index is 1730. The van der Waals surface area contributed by atoms with E-state index in [4.69, 9.17) is 15.0 Å². The summed E-state index contributed by atoms with van der Waals surface area (Å²) in [4.78, 5) is 31.0. The Hall–Kier alpha value is -4.81. The monoisotopic (exact) mass is 637 g/mol. The van der Waals surface area contributed by atoms with Crippen LogP contribution in [0.5, 0.6) is 0 Å². The Morgan fingerprint density at radius 2 is 1.64 bits per heavy atom. The maximum Gasteiger partial charge on any atom is 0.226 e. The first-order valence-electron chi connectivity index (χ1n) is 16.3. The van der Waals surface area contributed by atoms with Gasteiger partial charge in [-0.05, 0) is 31.4 Å². The van der Waals surface area contributed by atoms with E-state index >= 15 is 0 Å². The lowest BCUT2D eigenvalue weighted by atomic mass is 9.91. The van der Waals surface area contributed by atoms with Gasteiger partial charge in [0.25, 0.3) is 0 Å². The molecule has 47 heavy (non-hydrogen) atoms. The second-order valence-corrected chi connectivity index (χ2v) is 12.4. The number of carbonyl (C=O) groups is 1. The van der Waals surface area contributed by atoms with E-state index in [-0.39, 0.29) is 11.8 Å². The van der Waals surface area contributed by atoms with Crippen molar-refractivity contribution in [1.29, 1.82) is 0 Å². The number of aromatic nitrogens is 6. The van der Waals surface area contributed by atoms with Crippen LogP contribution in [0.15, 0.2) is 79.5 Å². The highest BCUT2D eigenvalue weighted by atomic mass is 16.3. The molecule has 5 aromatic rings. The van der Waals surface area contributed by atoms with Crippen LogP contribution in [0, 0.1) is 0 Å². The highest BCUT2D eigenvalue weighted by Crippen LogP contribution is 2.35. The van der Waals surface area contributed by atoms with E-state index in [0.717, 1.165) is 5.69 Å². The van der Waals surface area contributed by atoms with E-state index in [9.17, 15) is 15.0 Å². The van der Waals surface area contributed by atoms with E-state index in [2.05, 4.69) is 63.6 Å². The topological polar surface area (TPSA) is 155 Å². The van der Waals surface area contributed by atoms with Crippen molar-refractivity contribution in [3.8, 4) is 0 Å². The van der Waals surface area contributed by atoms with Gasteiger partial charge in [0.2, 0.25) is 11.9 Å². The zero-order chi connectivity index (χ0) is 32.9. The Morgan fingerprint density at radius 3 is 2.28 bits per heavy atom. The summed E-state index contributed by atoms with van der Waals surface area (Å²) < 4.78 is 3.86. The number of aliphatic hydroxyl groups excluding tert-OH is 2. The van der Waals surface area contributed by atoms with Gasteiger partial charge in [0.05, 0.1) is 30.4 Å². The van der Waals surface area contributed by atoms with Crippen molar-refractivity contribution in [1.82, 2.24) is 34.4 Å². The molecule has 0 spiro atoms. The average Bonchev–Trinajstić information content (AvgIpc) is 3.81. The van der Waals surface area contributed by atoms with Crippen LogP contribution in [0.3, 0.4) is 0 Å². The number of imidazole rings is 2. The SMILES string of the molecule is CCC(=O)N[C@H]1C[C@@H](n2cnc3c(NCC(c4ccccc4)c4ccccc4)nc(NCCc4cn(C(C)C)cn4)nc32)[C@H](O)[C@@H]1O. The molecule has 246 valence electrons. The molecule has 1 saturated carbocycles. The van der Waals surface area contributed by atoms with Gasteiger partial charge in [0.1, 0.15) is 12.2 Å². The van der Waals surface area contributed by atoms with Crippen LogP contribution in [-0.2, 0) is 11.2 Å². The minimum Gasteiger partial charge on any atom is -0.388 e. The van der Waals surface area contributed by atoms with E-state index in [1.165, 1.54) is 11.1 Å². The van der Waals surface area contributed by atoms with Gasteiger partial charge in [-0.3, -0.25) is 4.79 Å². The quantitative estimate of drug-likeness (QED) is 0.129. The summed E-state index contributed by atoms with van der Waals surface area (Å²) in [5, 5.41) is 31.7. The van der Waals surface area contributed by atoms with E-state index in [1.54, 1.807) is 17.8 Å². The molecule has 0 unspecified atom stereocenters. The molecule has 0 aliphatic heterocycles. The first-order chi connectivity index (χ1) is 22.8. The van der Waals surface area contributed by atoms with Crippen molar-refractivity contribution in [3.05, 3.63) is 96.3 Å². The fourth-order valence-corrected chi connectivity index (χ4v) is 6.19. The smallest absolute Gasteiger partial charge is 0.226 e. The molecule has 1 amide bonds. The van der Waals surface area contributed by atoms with Crippen molar-refractivity contribution in [2.75, 3.05) is 23.7 Å². The Morgan fingerprint density at radius 1 is 0.936 bits per heavy atom. The number of nitrogens with one attached hydrogen (secondary N) is 3. The van der Waals surface area contributed by atoms with E-state index in [0.29, 0.717) is 61.3 Å². The molecule has 0 bridgehead atoms. The standard InChI is InChI=1S/C35H43N9O3/c1-4-29(45)40-27-17-28(32(47)31(27)46)44-21-39-30-33(37-18-26(23-11-7-5-8-12-23)24-13-9-6-10-14-24)41-35(42-34(30)44)36-16-15-25-19-43(20-38-25)22(2)3/h5-14,19-22,26-28,31-32,46-47H,4,15-18H2,1-3H3,(H,40,45)(H2,36,37,41,42)/t27-,28+,31+,32-/m0/s1. The van der Waals surface area contributed by atoms with Crippen LogP contribution in [0.1, 0.15) is 68.4 Å². The van der Waals surface area contributed by atoms with Crippen LogP contribution >= 0.6 is 0 Å². The molecule has 12 heteroatoms. The van der Waals surface area contributed by atoms with Crippen LogP contribution in [0.25, 0.3) is 11.2 Å². The number of aliphatic hydroxyl groups is 2. The second kappa shape index (κ2) is 14.3. The number of hydrogen-bond acceptors (Lipinski definition) is 9. The second-order valence-electron chi connectivity index (χ2n) is 12.4. The molecule has 5 N–H and O–H groups in total. The molecule has 4 atom stereocenters. The van der Waals surface area contributed by atoms with Gasteiger partial charge in [0, 0.05) is 44.1 Å². The molecule has 2 aromatic carbocycles. The summed E-state index contributed by atoms with van der Waals surface area (Å²) in [7, 11) is 0. The highest BCUT2D eigenvalue weighted by molar-refractivity contribution is 5.84. The maximum atomic E-state index is 12.1. The maximum absolute atomic E-state index is 12.1. The van der Waals surface area contributed by atoms with Gasteiger partial charge in [-0.25, -0.2) is 9.97 Å². The molecular formula is C35H43N9O3. The van der Waals surface area contributed by atoms with Crippen molar-refractivity contribution < 1.29 is 15.0 Å². The van der Waals surface area contributed by atoms with Crippen molar-refractivity contribution >= 4 is 28.8 Å². The molecule has 12 nitrogen and oxygen atoms in total. The molecular weight excluding hydrogens is 594 g/mol. The van der Waals surface area contributed by atoms with Crippen LogP contribution in [0.4, 0.5) is 11.8 Å². The summed E-state index contributed by atoms with van der Waals surface area (Å²) in [6.07, 6.45) is 4.59. The van der Waals surface area contributed by atoms with E-state index < -0.39 is 24.3 Å². The molecule has 6 rings (SSSR count). The lowest BCUT2D eigenvalue weighted by molar-refractivity contribution is -0.122. The number of rotatable bonds is 13. The van der Waals surface area contributed by atoms with Gasteiger partial charge in [-0.15, -0.1) is 0 Å². The van der Waals surface area contributed by atoms with Crippen molar-refractivity contribution in [3.63, 3.8) is 0 Å². The molecule has 1 aliphatic rings. The van der Waals surface area contributed by atoms with Gasteiger partial charge in [0.15, 0.2) is 17.0 Å². The Kier molecular flexibility index (Phi) is 9.79. The van der Waals surface area contributed by atoms with Crippen molar-refractivity contribution in [2.24, 2.45) is 0 Å². The number of carbonyl (C=O) groups excluding carboxylic acids is 1. The molecule has 0 saturated heterocycles. The third kappa shape index (κ3) is 7.13. The summed E-state index contributed by atoms with van der Waals surface area (Å²) in [5.74, 6) is 0.833. The minimum absolute atomic E-state index is 0.0479. The summed E-state index contributed by atoms with van der Waals surface area (Å²) in [5.41, 5.74) is 4.37. The number of anilines is 2. The predicted molar refractivity (Wildman–Crippen MR) is 181 cm³/mol. The van der Waals surface area contributed by atoms with Gasteiger partial charge in [-0.1, -0.05) is 67.6 Å². The number of nitrogens with zero attached hydrogens (tertiary/aromatic N) is 6. The zero-order valence-electron chi connectivity index (χ0n) is 27.0. The molecule has 3 heterocycles. The number of hydrogen-bond donors (Lipinski definition) is 5. The summed E-state index contributed by atoms with van der Waals surface area (Å²) >= 11 is 0. The largest absolute Gasteiger partial charge is 0.388 e. The average molecular weight is 638 g/mol. The van der Waals surface area contributed by atoms with E-state index in [1.807, 2.05) is 48.9 Å². The fourth-order valence-electron chi connectivity index (χ4n) is 6.19. The third-order valence-electron chi connectivity index (χ3n) is 8.89. The lowest BCUT2D eigenvalue weighted by Crippen LogP contribution is -2.42. The highest BCUT2D eigenvalue weighted by Gasteiger charge is 2.43. The van der Waals surface area contributed by atoms with Crippen LogP contribution in [-0.4, -0.2) is 76.5 Å². The van der Waals surface area contributed by atoms with Crippen LogP contribution in [0.2, 0.25) is 0 Å². The first-order valence-corrected chi connectivity index (χ1v) is 16.3. The predicted octanol–water partition coefficient (Wildman–Crippen LogP) is 4.06. The lowest BCUT2D eigenvalue weighted by Gasteiger charge is -2.20. The van der Waals surface area contributed by atoms with Crippen LogP contribution < -0.4 is 16.0 Å². The summed E-state index contributed by atoms with van der Waals surface area (Å²) in [6.45, 7) is 7.09. The number of benzene rings is 2. The van der Waals surface area contributed by atoms with Gasteiger partial charge >= 0.3 is 0 Å². The Labute approximate surface area is 274 Å². The van der Waals surface area contributed by atoms with Gasteiger partial charge < -0.3 is 35.3 Å². The molecule has 0 radical (unpaired) electrons. The fraction of sp³-hybridized carbons (Fsp3) is 0.400. The minimum atomic E-state index is -1.12. The number of amides is 1. The normalized spacial score (nSPS) is 19.5. The number of fused-ring (bicyclic) bond motifs is 1. The first kappa shape index (κ1) is 32.1. The van der Waals surface area contributed by atoms with Crippen molar-refractivity contribution in [2.45, 2.75) is 76.3 Å². The summed E-state index contributed by atoms with van der Waals surface area (Å²) in [6, 6.07) is 19.9. The molecule has 1 aliphatic carbocycles. The molecule has 1 fully saturated rings. The Balaban J connectivity index is 1.31.